The lowest BCUT2D eigenvalue weighted by atomic mass is 10.1. The maximum Gasteiger partial charge on any atom is 0.286 e. The fourth-order valence-electron chi connectivity index (χ4n) is 3.69. The summed E-state index contributed by atoms with van der Waals surface area (Å²) in [5.41, 5.74) is 1.32. The van der Waals surface area contributed by atoms with E-state index in [0.717, 1.165) is 6.42 Å². The molecule has 0 bridgehead atoms. The van der Waals surface area contributed by atoms with E-state index in [2.05, 4.69) is 15.2 Å². The number of unbranched alkanes of at least 4 members (excludes halogenated alkanes) is 1. The third-order valence-corrected chi connectivity index (χ3v) is 5.41. The molecule has 0 aliphatic rings. The van der Waals surface area contributed by atoms with E-state index in [1.54, 1.807) is 18.2 Å². The fraction of sp³-hybridized carbons (Fsp3) is 0.320. The van der Waals surface area contributed by atoms with E-state index in [0.29, 0.717) is 59.4 Å². The van der Waals surface area contributed by atoms with E-state index >= 15 is 0 Å². The Kier molecular flexibility index (Phi) is 8.80. The summed E-state index contributed by atoms with van der Waals surface area (Å²) >= 11 is 0. The average Bonchev–Trinajstić information content (AvgIpc) is 2.85. The topological polar surface area (TPSA) is 138 Å². The first-order valence-corrected chi connectivity index (χ1v) is 11.3. The van der Waals surface area contributed by atoms with Gasteiger partial charge >= 0.3 is 0 Å². The highest BCUT2D eigenvalue weighted by Crippen LogP contribution is 2.18. The van der Waals surface area contributed by atoms with Crippen LogP contribution in [0.1, 0.15) is 50.4 Å². The molecule has 0 unspecified atom stereocenters. The summed E-state index contributed by atoms with van der Waals surface area (Å²) < 4.78 is 14.9. The molecule has 2 N–H and O–H groups in total. The van der Waals surface area contributed by atoms with Gasteiger partial charge in [0.1, 0.15) is 17.5 Å². The number of halogens is 1. The molecule has 0 saturated carbocycles. The number of aromatic nitrogens is 2. The number of aliphatic hydroxyl groups excluding tert-OH is 1. The van der Waals surface area contributed by atoms with Crippen LogP contribution in [-0.4, -0.2) is 38.7 Å². The molecule has 10 heteroatoms. The number of aliphatic imine (C=N–C) groups is 1. The van der Waals surface area contributed by atoms with Gasteiger partial charge in [-0.15, -0.1) is 4.91 Å². The minimum absolute atomic E-state index is 0.00204. The number of carbonyl (C=O) groups excluding carboxylic acids is 1. The standard InChI is InChI=1S/C25H26FN5O4/c1-2-5-22(27)28-21(15-32)16-8-13-19-20(14-16)29-23(6-3-4-7-24(33)30-35)31(25(19)34)18-11-9-17(26)10-12-18/h8-14,27,32H,2-7,15H2,1H3. The highest BCUT2D eigenvalue weighted by molar-refractivity contribution is 6.09. The molecule has 2 aromatic carbocycles. The molecular formula is C25H26FN5O4. The van der Waals surface area contributed by atoms with Gasteiger partial charge in [0.25, 0.3) is 11.5 Å². The van der Waals surface area contributed by atoms with E-state index in [9.17, 15) is 24.0 Å². The average molecular weight is 480 g/mol. The van der Waals surface area contributed by atoms with E-state index in [4.69, 9.17) is 5.41 Å². The number of nitrogens with one attached hydrogen (secondary N) is 1. The third-order valence-electron chi connectivity index (χ3n) is 5.41. The number of amides is 1. The summed E-state index contributed by atoms with van der Waals surface area (Å²) in [7, 11) is 0. The Morgan fingerprint density at radius 2 is 1.89 bits per heavy atom. The van der Waals surface area contributed by atoms with Gasteiger partial charge in [-0.1, -0.05) is 13.0 Å². The molecule has 0 atom stereocenters. The quantitative estimate of drug-likeness (QED) is 0.195. The van der Waals surface area contributed by atoms with Crippen molar-refractivity contribution in [2.75, 3.05) is 6.61 Å². The number of hydrogen-bond acceptors (Lipinski definition) is 6. The Hall–Kier alpha value is -3.92. The summed E-state index contributed by atoms with van der Waals surface area (Å²) in [4.78, 5) is 43.8. The second-order valence-electron chi connectivity index (χ2n) is 7.98. The molecule has 1 amide bonds. The number of benzene rings is 2. The zero-order valence-electron chi connectivity index (χ0n) is 19.3. The normalized spacial score (nSPS) is 11.6. The van der Waals surface area contributed by atoms with Crippen LogP contribution in [0.25, 0.3) is 16.6 Å². The molecule has 1 heterocycles. The van der Waals surface area contributed by atoms with Crippen LogP contribution in [0.4, 0.5) is 4.39 Å². The predicted molar refractivity (Wildman–Crippen MR) is 132 cm³/mol. The van der Waals surface area contributed by atoms with E-state index in [1.807, 2.05) is 6.92 Å². The Bertz CT molecular complexity index is 1330. The molecule has 35 heavy (non-hydrogen) atoms. The van der Waals surface area contributed by atoms with Crippen molar-refractivity contribution in [1.82, 2.24) is 9.55 Å². The van der Waals surface area contributed by atoms with Gasteiger partial charge in [0, 0.05) is 30.0 Å². The van der Waals surface area contributed by atoms with Gasteiger partial charge in [-0.05, 0) is 55.7 Å². The van der Waals surface area contributed by atoms with Crippen molar-refractivity contribution in [3.63, 3.8) is 0 Å². The smallest absolute Gasteiger partial charge is 0.286 e. The monoisotopic (exact) mass is 479 g/mol. The summed E-state index contributed by atoms with van der Waals surface area (Å²) in [6.45, 7) is 1.55. The maximum absolute atomic E-state index is 13.5. The van der Waals surface area contributed by atoms with Gasteiger partial charge in [-0.2, -0.15) is 0 Å². The number of nitroso groups, excluding NO2 is 1. The zero-order valence-corrected chi connectivity index (χ0v) is 19.3. The zero-order chi connectivity index (χ0) is 25.4. The fourth-order valence-corrected chi connectivity index (χ4v) is 3.69. The van der Waals surface area contributed by atoms with Crippen molar-refractivity contribution >= 4 is 28.4 Å². The number of aryl methyl sites for hydroxylation is 1. The Morgan fingerprint density at radius 1 is 1.14 bits per heavy atom. The van der Waals surface area contributed by atoms with Gasteiger partial charge in [0.2, 0.25) is 0 Å². The van der Waals surface area contributed by atoms with Crippen molar-refractivity contribution in [1.29, 1.82) is 5.41 Å². The second kappa shape index (κ2) is 12.0. The largest absolute Gasteiger partial charge is 0.390 e. The molecule has 3 aromatic rings. The van der Waals surface area contributed by atoms with Crippen molar-refractivity contribution < 1.29 is 14.3 Å². The number of amidine groups is 1. The van der Waals surface area contributed by atoms with Gasteiger partial charge in [0.15, 0.2) is 0 Å². The predicted octanol–water partition coefficient (Wildman–Crippen LogP) is 4.09. The lowest BCUT2D eigenvalue weighted by Crippen LogP contribution is -2.24. The second-order valence-corrected chi connectivity index (χ2v) is 7.98. The summed E-state index contributed by atoms with van der Waals surface area (Å²) in [6, 6.07) is 10.4. The first-order chi connectivity index (χ1) is 16.9. The number of fused-ring (bicyclic) bond motifs is 1. The number of rotatable bonds is 10. The van der Waals surface area contributed by atoms with Gasteiger partial charge in [-0.3, -0.25) is 19.6 Å². The van der Waals surface area contributed by atoms with Crippen LogP contribution in [0.5, 0.6) is 0 Å². The molecule has 9 nitrogen and oxygen atoms in total. The van der Waals surface area contributed by atoms with Crippen LogP contribution in [0, 0.1) is 16.1 Å². The molecule has 1 aromatic heterocycles. The van der Waals surface area contributed by atoms with Crippen molar-refractivity contribution in [3.8, 4) is 5.69 Å². The minimum atomic E-state index is -0.735. The number of carbonyl (C=O) groups is 1. The van der Waals surface area contributed by atoms with Crippen molar-refractivity contribution in [2.24, 2.45) is 10.2 Å². The molecule has 0 fully saturated rings. The lowest BCUT2D eigenvalue weighted by Gasteiger charge is -2.14. The number of aliphatic hydroxyl groups is 1. The summed E-state index contributed by atoms with van der Waals surface area (Å²) in [5, 5.41) is 20.4. The van der Waals surface area contributed by atoms with Crippen LogP contribution in [-0.2, 0) is 11.2 Å². The van der Waals surface area contributed by atoms with Crippen LogP contribution in [0.3, 0.4) is 0 Å². The van der Waals surface area contributed by atoms with E-state index in [-0.39, 0.29) is 24.4 Å². The molecule has 0 aliphatic heterocycles. The number of nitrogens with zero attached hydrogens (tertiary/aromatic N) is 4. The SMILES string of the molecule is CCCC(=N)N=C(CO)c1ccc2c(=O)n(-c3ccc(F)cc3)c(CCCCC(=O)N=O)nc2c1. The molecule has 0 aliphatic carbocycles. The molecule has 0 saturated heterocycles. The van der Waals surface area contributed by atoms with Crippen molar-refractivity contribution in [3.05, 3.63) is 74.9 Å². The Morgan fingerprint density at radius 3 is 2.54 bits per heavy atom. The first kappa shape index (κ1) is 25.7. The maximum atomic E-state index is 13.5. The van der Waals surface area contributed by atoms with Crippen LogP contribution in [0.15, 0.2) is 57.4 Å². The van der Waals surface area contributed by atoms with Crippen LogP contribution >= 0.6 is 0 Å². The van der Waals surface area contributed by atoms with E-state index in [1.165, 1.54) is 28.8 Å². The summed E-state index contributed by atoms with van der Waals surface area (Å²) in [5.74, 6) is -0.622. The van der Waals surface area contributed by atoms with Crippen molar-refractivity contribution in [2.45, 2.75) is 45.4 Å². The third kappa shape index (κ3) is 6.36. The number of hydrogen-bond donors (Lipinski definition) is 2. The molecular weight excluding hydrogens is 453 g/mol. The van der Waals surface area contributed by atoms with Gasteiger partial charge in [-0.25, -0.2) is 14.4 Å². The lowest BCUT2D eigenvalue weighted by molar-refractivity contribution is -0.118. The minimum Gasteiger partial charge on any atom is -0.390 e. The Balaban J connectivity index is 2.08. The van der Waals surface area contributed by atoms with Crippen LogP contribution in [0.2, 0.25) is 0 Å². The Labute approximate surface area is 200 Å². The molecule has 0 radical (unpaired) electrons. The highest BCUT2D eigenvalue weighted by atomic mass is 19.1. The molecule has 3 rings (SSSR count). The van der Waals surface area contributed by atoms with E-state index < -0.39 is 11.7 Å². The molecule has 182 valence electrons. The highest BCUT2D eigenvalue weighted by Gasteiger charge is 2.15. The van der Waals surface area contributed by atoms with Gasteiger partial charge < -0.3 is 5.11 Å². The van der Waals surface area contributed by atoms with Crippen LogP contribution < -0.4 is 5.56 Å². The first-order valence-electron chi connectivity index (χ1n) is 11.3. The van der Waals surface area contributed by atoms with Gasteiger partial charge in [0.05, 0.1) is 28.9 Å². The molecule has 0 spiro atoms. The summed E-state index contributed by atoms with van der Waals surface area (Å²) in [6.07, 6.45) is 2.41.